The number of benzene rings is 2. The van der Waals surface area contributed by atoms with Crippen molar-refractivity contribution in [1.82, 2.24) is 5.43 Å². The molecule has 0 aliphatic carbocycles. The molecule has 0 aromatic heterocycles. The van der Waals surface area contributed by atoms with Crippen molar-refractivity contribution in [3.63, 3.8) is 0 Å². The van der Waals surface area contributed by atoms with Gasteiger partial charge in [0.05, 0.1) is 5.02 Å². The van der Waals surface area contributed by atoms with Crippen molar-refractivity contribution in [2.24, 2.45) is 5.84 Å². The van der Waals surface area contributed by atoms with Crippen LogP contribution >= 0.6 is 27.5 Å². The number of hydrazine groups is 1. The molecule has 0 aliphatic heterocycles. The molecule has 0 unspecified atom stereocenters. The van der Waals surface area contributed by atoms with E-state index in [1.54, 1.807) is 0 Å². The first-order chi connectivity index (χ1) is 10.5. The highest BCUT2D eigenvalue weighted by molar-refractivity contribution is 9.10. The fraction of sp³-hybridized carbons (Fsp3) is 0.133. The van der Waals surface area contributed by atoms with E-state index in [4.69, 9.17) is 23.2 Å². The van der Waals surface area contributed by atoms with Gasteiger partial charge in [0.2, 0.25) is 0 Å². The minimum Gasteiger partial charge on any atom is -0.398 e. The molecule has 0 heterocycles. The Balaban J connectivity index is 2.43. The number of nitrogen functional groups attached to an aromatic ring is 1. The minimum atomic E-state index is -0.273. The highest BCUT2D eigenvalue weighted by Gasteiger charge is 2.23. The second-order valence-electron chi connectivity index (χ2n) is 4.78. The third-order valence-electron chi connectivity index (χ3n) is 3.32. The average Bonchev–Trinajstić information content (AvgIpc) is 2.52. The lowest BCUT2D eigenvalue weighted by molar-refractivity contribution is -0.676. The van der Waals surface area contributed by atoms with Crippen LogP contribution < -0.4 is 22.3 Å². The Morgan fingerprint density at radius 2 is 2.00 bits per heavy atom. The lowest BCUT2D eigenvalue weighted by Crippen LogP contribution is -2.88. The molecule has 22 heavy (non-hydrogen) atoms. The zero-order valence-corrected chi connectivity index (χ0v) is 14.1. The molecule has 7 heteroatoms. The molecule has 0 saturated carbocycles. The third kappa shape index (κ3) is 3.98. The summed E-state index contributed by atoms with van der Waals surface area (Å²) >= 11 is 9.76. The van der Waals surface area contributed by atoms with Crippen LogP contribution in [0.4, 0.5) is 5.69 Å². The van der Waals surface area contributed by atoms with Gasteiger partial charge in [-0.1, -0.05) is 45.7 Å². The van der Waals surface area contributed by atoms with E-state index in [0.29, 0.717) is 10.7 Å². The number of amides is 1. The molecule has 0 radical (unpaired) electrons. The summed E-state index contributed by atoms with van der Waals surface area (Å²) in [4.78, 5) is 11.5. The van der Waals surface area contributed by atoms with Crippen molar-refractivity contribution >= 4 is 39.1 Å². The van der Waals surface area contributed by atoms with Crippen LogP contribution in [0.15, 0.2) is 46.9 Å². The quantitative estimate of drug-likeness (QED) is 0.271. The topological polar surface area (TPSA) is 97.7 Å². The van der Waals surface area contributed by atoms with E-state index in [1.807, 2.05) is 47.8 Å². The Morgan fingerprint density at radius 1 is 1.27 bits per heavy atom. The molecule has 0 aliphatic rings. The molecule has 0 bridgehead atoms. The number of anilines is 1. The number of nitrogens with one attached hydrogen (secondary N) is 1. The zero-order valence-electron chi connectivity index (χ0n) is 11.7. The Hall–Kier alpha value is -1.60. The number of hydrogen-bond donors (Lipinski definition) is 4. The summed E-state index contributed by atoms with van der Waals surface area (Å²) in [5.41, 5.74) is 10.6. The number of carbonyl (C=O) groups is 1. The summed E-state index contributed by atoms with van der Waals surface area (Å²) in [6.07, 6.45) is 0. The van der Waals surface area contributed by atoms with Crippen LogP contribution in [0.3, 0.4) is 0 Å². The van der Waals surface area contributed by atoms with Gasteiger partial charge in [0.25, 0.3) is 5.91 Å². The van der Waals surface area contributed by atoms with Crippen molar-refractivity contribution in [2.45, 2.75) is 6.04 Å². The standard InChI is InChI=1S/C15H16BrClN4O/c16-9-5-6-13(18)11(7-9)15(20-8-14(22)21-19)10-3-1-2-4-12(10)17/h1-7,15,20H,8,18-19H2,(H,21,22)/p+1/t15-/m0/s1. The summed E-state index contributed by atoms with van der Waals surface area (Å²) < 4.78 is 0.908. The normalized spacial score (nSPS) is 12.0. The molecule has 5 nitrogen and oxygen atoms in total. The number of quaternary nitrogens is 1. The highest BCUT2D eigenvalue weighted by Crippen LogP contribution is 2.30. The van der Waals surface area contributed by atoms with Crippen LogP contribution in [0.2, 0.25) is 5.02 Å². The molecule has 0 saturated heterocycles. The van der Waals surface area contributed by atoms with Gasteiger partial charge in [-0.15, -0.1) is 0 Å². The maximum absolute atomic E-state index is 11.5. The van der Waals surface area contributed by atoms with Gasteiger partial charge < -0.3 is 11.1 Å². The largest absolute Gasteiger partial charge is 0.398 e. The minimum absolute atomic E-state index is 0.165. The van der Waals surface area contributed by atoms with Gasteiger partial charge in [0, 0.05) is 21.3 Å². The number of hydrogen-bond acceptors (Lipinski definition) is 3. The predicted molar refractivity (Wildman–Crippen MR) is 91.0 cm³/mol. The molecule has 2 aromatic carbocycles. The van der Waals surface area contributed by atoms with Crippen molar-refractivity contribution in [3.8, 4) is 0 Å². The van der Waals surface area contributed by atoms with E-state index in [-0.39, 0.29) is 18.5 Å². The second kappa shape index (κ2) is 7.60. The maximum atomic E-state index is 11.5. The summed E-state index contributed by atoms with van der Waals surface area (Å²) in [5, 5.41) is 2.47. The molecule has 0 fully saturated rings. The van der Waals surface area contributed by atoms with E-state index >= 15 is 0 Å². The SMILES string of the molecule is NNC(=O)C[NH2+][C@H](c1cc(Br)ccc1N)c1ccccc1Cl. The Bertz CT molecular complexity index is 680. The summed E-state index contributed by atoms with van der Waals surface area (Å²) in [6.45, 7) is 0.165. The molecule has 2 aromatic rings. The fourth-order valence-corrected chi connectivity index (χ4v) is 2.88. The molecule has 0 spiro atoms. The third-order valence-corrected chi connectivity index (χ3v) is 4.16. The Kier molecular flexibility index (Phi) is 5.79. The van der Waals surface area contributed by atoms with Gasteiger partial charge in [-0.2, -0.15) is 0 Å². The van der Waals surface area contributed by atoms with E-state index in [1.165, 1.54) is 0 Å². The summed E-state index contributed by atoms with van der Waals surface area (Å²) in [5.74, 6) is 4.87. The first-order valence-corrected chi connectivity index (χ1v) is 7.82. The highest BCUT2D eigenvalue weighted by atomic mass is 79.9. The van der Waals surface area contributed by atoms with Gasteiger partial charge in [0.1, 0.15) is 6.04 Å². The smallest absolute Gasteiger partial charge is 0.288 e. The van der Waals surface area contributed by atoms with Crippen LogP contribution in [0.1, 0.15) is 17.2 Å². The zero-order chi connectivity index (χ0) is 16.1. The van der Waals surface area contributed by atoms with Crippen LogP contribution in [0, 0.1) is 0 Å². The van der Waals surface area contributed by atoms with Crippen LogP contribution in [0.25, 0.3) is 0 Å². The molecule has 116 valence electrons. The number of halogens is 2. The first-order valence-electron chi connectivity index (χ1n) is 6.65. The molecule has 1 amide bonds. The summed E-state index contributed by atoms with van der Waals surface area (Å²) in [7, 11) is 0. The van der Waals surface area contributed by atoms with Gasteiger partial charge in [-0.3, -0.25) is 10.2 Å². The van der Waals surface area contributed by atoms with Crippen molar-refractivity contribution in [2.75, 3.05) is 12.3 Å². The second-order valence-corrected chi connectivity index (χ2v) is 6.10. The van der Waals surface area contributed by atoms with Crippen LogP contribution in [-0.2, 0) is 4.79 Å². The van der Waals surface area contributed by atoms with Gasteiger partial charge in [-0.05, 0) is 24.3 Å². The lowest BCUT2D eigenvalue weighted by atomic mass is 9.97. The summed E-state index contributed by atoms with van der Waals surface area (Å²) in [6, 6.07) is 12.9. The number of nitrogens with two attached hydrogens (primary N) is 3. The number of carbonyl (C=O) groups excluding carboxylic acids is 1. The monoisotopic (exact) mass is 383 g/mol. The van der Waals surface area contributed by atoms with E-state index in [9.17, 15) is 4.79 Å². The molecular weight excluding hydrogens is 368 g/mol. The van der Waals surface area contributed by atoms with Gasteiger partial charge in [0.15, 0.2) is 6.54 Å². The molecule has 2 rings (SSSR count). The lowest BCUT2D eigenvalue weighted by Gasteiger charge is -2.19. The van der Waals surface area contributed by atoms with Crippen molar-refractivity contribution in [1.29, 1.82) is 0 Å². The molecule has 1 atom stereocenters. The molecular formula is C15H17BrClN4O+. The van der Waals surface area contributed by atoms with Crippen LogP contribution in [-0.4, -0.2) is 12.5 Å². The maximum Gasteiger partial charge on any atom is 0.288 e. The van der Waals surface area contributed by atoms with Gasteiger partial charge >= 0.3 is 0 Å². The van der Waals surface area contributed by atoms with E-state index in [0.717, 1.165) is 15.6 Å². The van der Waals surface area contributed by atoms with E-state index in [2.05, 4.69) is 21.4 Å². The Labute approximate surface area is 142 Å². The predicted octanol–water partition coefficient (Wildman–Crippen LogP) is 1.33. The average molecular weight is 385 g/mol. The van der Waals surface area contributed by atoms with Gasteiger partial charge in [-0.25, -0.2) is 5.84 Å². The Morgan fingerprint density at radius 3 is 2.68 bits per heavy atom. The number of rotatable bonds is 5. The first kappa shape index (κ1) is 16.8. The van der Waals surface area contributed by atoms with Crippen molar-refractivity contribution in [3.05, 3.63) is 63.1 Å². The molecule has 7 N–H and O–H groups in total. The van der Waals surface area contributed by atoms with E-state index < -0.39 is 0 Å². The van der Waals surface area contributed by atoms with Crippen molar-refractivity contribution < 1.29 is 10.1 Å². The fourth-order valence-electron chi connectivity index (χ4n) is 2.25. The van der Waals surface area contributed by atoms with Crippen LogP contribution in [0.5, 0.6) is 0 Å².